The predicted octanol–water partition coefficient (Wildman–Crippen LogP) is 3.49. The van der Waals surface area contributed by atoms with Crippen molar-refractivity contribution in [2.75, 3.05) is 20.1 Å². The van der Waals surface area contributed by atoms with Crippen LogP contribution in [0.3, 0.4) is 0 Å². The van der Waals surface area contributed by atoms with Crippen molar-refractivity contribution in [3.63, 3.8) is 0 Å². The lowest BCUT2D eigenvalue weighted by Crippen LogP contribution is -2.22. The molecule has 0 aromatic rings. The fourth-order valence-electron chi connectivity index (χ4n) is 1.76. The van der Waals surface area contributed by atoms with Crippen molar-refractivity contribution in [1.29, 1.82) is 0 Å². The summed E-state index contributed by atoms with van der Waals surface area (Å²) in [6, 6.07) is 0. The lowest BCUT2D eigenvalue weighted by molar-refractivity contribution is 0.399. The van der Waals surface area contributed by atoms with Crippen LogP contribution < -0.4 is 0 Å². The molecule has 1 aliphatic carbocycles. The van der Waals surface area contributed by atoms with Crippen molar-refractivity contribution < 1.29 is 0 Å². The molecule has 1 rings (SSSR count). The normalized spacial score (nSPS) is 15.5. The molecule has 0 aromatic heterocycles. The van der Waals surface area contributed by atoms with Crippen molar-refractivity contribution >= 4 is 0 Å². The van der Waals surface area contributed by atoms with Crippen LogP contribution in [0, 0.1) is 0 Å². The van der Waals surface area contributed by atoms with E-state index in [2.05, 4.69) is 43.3 Å². The van der Waals surface area contributed by atoms with E-state index >= 15 is 0 Å². The molecular weight excluding hydrogens is 194 g/mol. The maximum Gasteiger partial charge on any atom is 0.0230 e. The smallest absolute Gasteiger partial charge is 0.0230 e. The van der Waals surface area contributed by atoms with Gasteiger partial charge in [-0.15, -0.1) is 0 Å². The summed E-state index contributed by atoms with van der Waals surface area (Å²) >= 11 is 0. The van der Waals surface area contributed by atoms with Gasteiger partial charge in [0.2, 0.25) is 0 Å². The van der Waals surface area contributed by atoms with Crippen LogP contribution in [0.4, 0.5) is 0 Å². The van der Waals surface area contributed by atoms with E-state index in [1.165, 1.54) is 18.4 Å². The van der Waals surface area contributed by atoms with E-state index in [0.29, 0.717) is 0 Å². The molecule has 0 atom stereocenters. The van der Waals surface area contributed by atoms with Crippen molar-refractivity contribution in [3.8, 4) is 0 Å². The molecule has 0 amide bonds. The Bertz CT molecular complexity index is 331. The van der Waals surface area contributed by atoms with Gasteiger partial charge in [0.25, 0.3) is 0 Å². The van der Waals surface area contributed by atoms with Crippen LogP contribution in [-0.4, -0.2) is 25.0 Å². The Hall–Kier alpha value is -1.34. The Morgan fingerprint density at radius 1 is 1.50 bits per heavy atom. The van der Waals surface area contributed by atoms with E-state index in [-0.39, 0.29) is 0 Å². The zero-order chi connectivity index (χ0) is 11.8. The van der Waals surface area contributed by atoms with Gasteiger partial charge in [0.05, 0.1) is 0 Å². The second kappa shape index (κ2) is 7.02. The second-order valence-electron chi connectivity index (χ2n) is 4.18. The molecule has 1 nitrogen and oxygen atoms in total. The van der Waals surface area contributed by atoms with Gasteiger partial charge in [0.15, 0.2) is 0 Å². The van der Waals surface area contributed by atoms with Gasteiger partial charge in [-0.3, -0.25) is 4.90 Å². The number of nitrogens with zero attached hydrogens (tertiary/aromatic N) is 1. The Morgan fingerprint density at radius 3 is 2.94 bits per heavy atom. The van der Waals surface area contributed by atoms with Crippen LogP contribution in [0.15, 0.2) is 60.8 Å². The van der Waals surface area contributed by atoms with Gasteiger partial charge in [-0.1, -0.05) is 49.6 Å². The second-order valence-corrected chi connectivity index (χ2v) is 4.18. The fourth-order valence-corrected chi connectivity index (χ4v) is 1.76. The van der Waals surface area contributed by atoms with E-state index in [9.17, 15) is 0 Å². The van der Waals surface area contributed by atoms with E-state index in [0.717, 1.165) is 18.7 Å². The molecule has 16 heavy (non-hydrogen) atoms. The minimum absolute atomic E-state index is 0.898. The highest BCUT2D eigenvalue weighted by Crippen LogP contribution is 2.11. The van der Waals surface area contributed by atoms with Gasteiger partial charge in [0, 0.05) is 13.1 Å². The molecule has 0 saturated carbocycles. The molecule has 0 radical (unpaired) electrons. The highest BCUT2D eigenvalue weighted by atomic mass is 15.1. The van der Waals surface area contributed by atoms with Crippen LogP contribution in [0.5, 0.6) is 0 Å². The van der Waals surface area contributed by atoms with Crippen molar-refractivity contribution in [2.24, 2.45) is 0 Å². The van der Waals surface area contributed by atoms with Crippen LogP contribution in [0.2, 0.25) is 0 Å². The van der Waals surface area contributed by atoms with Gasteiger partial charge in [-0.2, -0.15) is 0 Å². The number of allylic oxidation sites excluding steroid dienone is 4. The Balaban J connectivity index is 2.35. The molecule has 1 heteroatoms. The first-order valence-corrected chi connectivity index (χ1v) is 5.73. The lowest BCUT2D eigenvalue weighted by atomic mass is 10.1. The Morgan fingerprint density at radius 2 is 2.31 bits per heavy atom. The first kappa shape index (κ1) is 12.7. The summed E-state index contributed by atoms with van der Waals surface area (Å²) in [5.74, 6) is 0. The summed E-state index contributed by atoms with van der Waals surface area (Å²) in [5.41, 5.74) is 2.53. The van der Waals surface area contributed by atoms with Gasteiger partial charge in [0.1, 0.15) is 0 Å². The minimum Gasteiger partial charge on any atom is -0.298 e. The molecule has 1 aliphatic rings. The molecule has 0 aromatic carbocycles. The first-order chi connectivity index (χ1) is 7.72. The van der Waals surface area contributed by atoms with E-state index < -0.39 is 0 Å². The minimum atomic E-state index is 0.898. The number of hydrogen-bond donors (Lipinski definition) is 0. The summed E-state index contributed by atoms with van der Waals surface area (Å²) in [6.45, 7) is 9.55. The van der Waals surface area contributed by atoms with E-state index in [4.69, 9.17) is 0 Å². The summed E-state index contributed by atoms with van der Waals surface area (Å²) in [6.07, 6.45) is 14.9. The molecule has 0 unspecified atom stereocenters. The zero-order valence-electron chi connectivity index (χ0n) is 10.2. The molecular formula is C15H21N. The average molecular weight is 215 g/mol. The van der Waals surface area contributed by atoms with Crippen LogP contribution in [-0.2, 0) is 0 Å². The molecule has 0 saturated heterocycles. The van der Waals surface area contributed by atoms with Crippen molar-refractivity contribution in [1.82, 2.24) is 4.90 Å². The largest absolute Gasteiger partial charge is 0.298 e. The predicted molar refractivity (Wildman–Crippen MR) is 72.4 cm³/mol. The average Bonchev–Trinajstić information content (AvgIpc) is 2.27. The van der Waals surface area contributed by atoms with Gasteiger partial charge in [-0.25, -0.2) is 0 Å². The van der Waals surface area contributed by atoms with Gasteiger partial charge < -0.3 is 0 Å². The topological polar surface area (TPSA) is 3.24 Å². The Labute approximate surface area is 99.2 Å². The summed E-state index contributed by atoms with van der Waals surface area (Å²) in [7, 11) is 2.12. The standard InChI is InChI=1S/C15H21N/c1-4-5-9-14(2)12-16(3)13-15-10-7-6-8-11-15/h4-5,7,9-11H,1-2,6,8,12-13H2,3H3/b9-5-. The highest BCUT2D eigenvalue weighted by Gasteiger charge is 2.03. The third-order valence-electron chi connectivity index (χ3n) is 2.47. The van der Waals surface area contributed by atoms with Gasteiger partial charge in [-0.05, 0) is 31.0 Å². The molecule has 0 N–H and O–H groups in total. The maximum absolute atomic E-state index is 4.01. The van der Waals surface area contributed by atoms with Crippen molar-refractivity contribution in [3.05, 3.63) is 60.8 Å². The summed E-state index contributed by atoms with van der Waals surface area (Å²) in [4.78, 5) is 2.28. The summed E-state index contributed by atoms with van der Waals surface area (Å²) < 4.78 is 0. The van der Waals surface area contributed by atoms with Crippen LogP contribution in [0.1, 0.15) is 12.8 Å². The number of rotatable bonds is 6. The molecule has 0 aliphatic heterocycles. The monoisotopic (exact) mass is 215 g/mol. The zero-order valence-corrected chi connectivity index (χ0v) is 10.2. The van der Waals surface area contributed by atoms with Crippen molar-refractivity contribution in [2.45, 2.75) is 12.8 Å². The molecule has 0 heterocycles. The summed E-state index contributed by atoms with van der Waals surface area (Å²) in [5, 5.41) is 0. The van der Waals surface area contributed by atoms with Crippen LogP contribution >= 0.6 is 0 Å². The lowest BCUT2D eigenvalue weighted by Gasteiger charge is -2.18. The number of hydrogen-bond acceptors (Lipinski definition) is 1. The molecule has 0 spiro atoms. The van der Waals surface area contributed by atoms with Crippen LogP contribution in [0.25, 0.3) is 0 Å². The number of likely N-dealkylation sites (N-methyl/N-ethyl adjacent to an activating group) is 1. The quantitative estimate of drug-likeness (QED) is 0.613. The maximum atomic E-state index is 4.01. The Kier molecular flexibility index (Phi) is 5.58. The fraction of sp³-hybridized carbons (Fsp3) is 0.333. The third kappa shape index (κ3) is 4.94. The molecule has 0 fully saturated rings. The van der Waals surface area contributed by atoms with E-state index in [1.807, 2.05) is 12.2 Å². The first-order valence-electron chi connectivity index (χ1n) is 5.73. The van der Waals surface area contributed by atoms with Gasteiger partial charge >= 0.3 is 0 Å². The van der Waals surface area contributed by atoms with E-state index in [1.54, 1.807) is 6.08 Å². The molecule has 0 bridgehead atoms. The highest BCUT2D eigenvalue weighted by molar-refractivity contribution is 5.25. The molecule has 86 valence electrons. The third-order valence-corrected chi connectivity index (χ3v) is 2.47. The SMILES string of the molecule is C=C/C=C\C(=C)CN(C)CC1=CCCC=C1.